The number of nitrogens with one attached hydrogen (secondary N) is 1. The Balaban J connectivity index is 2.20. The van der Waals surface area contributed by atoms with Crippen LogP contribution in [0.25, 0.3) is 0 Å². The van der Waals surface area contributed by atoms with Crippen LogP contribution in [0, 0.1) is 13.8 Å². The van der Waals surface area contributed by atoms with Crippen molar-refractivity contribution < 1.29 is 13.2 Å². The highest BCUT2D eigenvalue weighted by molar-refractivity contribution is 7.93. The highest BCUT2D eigenvalue weighted by atomic mass is 32.2. The SMILES string of the molecule is Cc1nc(NS(=O)(=O)c2cccc(COC(C)C)c2)sc1C. The van der Waals surface area contributed by atoms with Crippen LogP contribution in [-0.2, 0) is 21.4 Å². The highest BCUT2D eigenvalue weighted by Gasteiger charge is 2.17. The van der Waals surface area contributed by atoms with Gasteiger partial charge >= 0.3 is 0 Å². The average Bonchev–Trinajstić information content (AvgIpc) is 2.74. The molecule has 1 aromatic heterocycles. The van der Waals surface area contributed by atoms with Crippen LogP contribution in [0.15, 0.2) is 29.2 Å². The standard InChI is InChI=1S/C15H20N2O3S2/c1-10(2)20-9-13-6-5-7-14(8-13)22(18,19)17-15-16-11(3)12(4)21-15/h5-8,10H,9H2,1-4H3,(H,16,17). The molecule has 1 aromatic carbocycles. The van der Waals surface area contributed by atoms with E-state index in [1.807, 2.05) is 33.8 Å². The van der Waals surface area contributed by atoms with Gasteiger partial charge in [-0.3, -0.25) is 4.72 Å². The van der Waals surface area contributed by atoms with Crippen molar-refractivity contribution in [2.75, 3.05) is 4.72 Å². The molecule has 0 fully saturated rings. The Morgan fingerprint density at radius 2 is 2.05 bits per heavy atom. The summed E-state index contributed by atoms with van der Waals surface area (Å²) in [5, 5.41) is 0.388. The molecule has 0 radical (unpaired) electrons. The van der Waals surface area contributed by atoms with Crippen molar-refractivity contribution in [1.29, 1.82) is 0 Å². The lowest BCUT2D eigenvalue weighted by Gasteiger charge is -2.09. The van der Waals surface area contributed by atoms with Gasteiger partial charge in [0.15, 0.2) is 5.13 Å². The quantitative estimate of drug-likeness (QED) is 0.874. The Bertz CT molecular complexity index is 732. The Morgan fingerprint density at radius 1 is 1.32 bits per heavy atom. The molecular formula is C15H20N2O3S2. The molecule has 0 atom stereocenters. The molecule has 1 N–H and O–H groups in total. The molecule has 0 unspecified atom stereocenters. The number of nitrogens with zero attached hydrogens (tertiary/aromatic N) is 1. The summed E-state index contributed by atoms with van der Waals surface area (Å²) in [6.07, 6.45) is 0.0969. The lowest BCUT2D eigenvalue weighted by Crippen LogP contribution is -2.13. The molecule has 0 aliphatic heterocycles. The summed E-state index contributed by atoms with van der Waals surface area (Å²) in [4.78, 5) is 5.41. The number of ether oxygens (including phenoxy) is 1. The second-order valence-corrected chi connectivity index (χ2v) is 8.16. The zero-order chi connectivity index (χ0) is 16.3. The van der Waals surface area contributed by atoms with Gasteiger partial charge in [0.25, 0.3) is 10.0 Å². The maximum atomic E-state index is 12.4. The number of benzene rings is 1. The van der Waals surface area contributed by atoms with E-state index >= 15 is 0 Å². The van der Waals surface area contributed by atoms with Crippen LogP contribution in [0.3, 0.4) is 0 Å². The smallest absolute Gasteiger partial charge is 0.263 e. The van der Waals surface area contributed by atoms with Crippen molar-refractivity contribution in [3.05, 3.63) is 40.4 Å². The van der Waals surface area contributed by atoms with Gasteiger partial charge < -0.3 is 4.74 Å². The molecule has 0 spiro atoms. The number of hydrogen-bond donors (Lipinski definition) is 1. The van der Waals surface area contributed by atoms with Gasteiger partial charge in [0.2, 0.25) is 0 Å². The van der Waals surface area contributed by atoms with E-state index < -0.39 is 10.0 Å². The van der Waals surface area contributed by atoms with Crippen LogP contribution in [0.2, 0.25) is 0 Å². The predicted molar refractivity (Wildman–Crippen MR) is 88.8 cm³/mol. The number of aryl methyl sites for hydroxylation is 2. The minimum Gasteiger partial charge on any atom is -0.374 e. The monoisotopic (exact) mass is 340 g/mol. The highest BCUT2D eigenvalue weighted by Crippen LogP contribution is 2.24. The summed E-state index contributed by atoms with van der Waals surface area (Å²) < 4.78 is 32.9. The van der Waals surface area contributed by atoms with Crippen LogP contribution >= 0.6 is 11.3 Å². The summed E-state index contributed by atoms with van der Waals surface area (Å²) in [5.41, 5.74) is 1.66. The summed E-state index contributed by atoms with van der Waals surface area (Å²) in [6, 6.07) is 6.75. The Morgan fingerprint density at radius 3 is 2.64 bits per heavy atom. The van der Waals surface area contributed by atoms with Crippen molar-refractivity contribution in [2.24, 2.45) is 0 Å². The minimum atomic E-state index is -3.64. The fourth-order valence-electron chi connectivity index (χ4n) is 1.76. The molecule has 0 bridgehead atoms. The molecule has 2 aromatic rings. The van der Waals surface area contributed by atoms with Gasteiger partial charge in [-0.05, 0) is 45.4 Å². The molecule has 0 amide bonds. The lowest BCUT2D eigenvalue weighted by molar-refractivity contribution is 0.0656. The van der Waals surface area contributed by atoms with Gasteiger partial charge in [-0.15, -0.1) is 11.3 Å². The molecular weight excluding hydrogens is 320 g/mol. The van der Waals surface area contributed by atoms with E-state index in [4.69, 9.17) is 4.74 Å². The number of sulfonamides is 1. The number of anilines is 1. The molecule has 22 heavy (non-hydrogen) atoms. The van der Waals surface area contributed by atoms with Crippen molar-refractivity contribution in [1.82, 2.24) is 4.98 Å². The fourth-order valence-corrected chi connectivity index (χ4v) is 3.87. The molecule has 5 nitrogen and oxygen atoms in total. The van der Waals surface area contributed by atoms with E-state index in [-0.39, 0.29) is 11.0 Å². The van der Waals surface area contributed by atoms with E-state index in [0.717, 1.165) is 16.1 Å². The Kier molecular flexibility index (Phi) is 5.20. The minimum absolute atomic E-state index is 0.0969. The van der Waals surface area contributed by atoms with E-state index in [0.29, 0.717) is 11.7 Å². The molecule has 0 saturated heterocycles. The second kappa shape index (κ2) is 6.76. The summed E-state index contributed by atoms with van der Waals surface area (Å²) >= 11 is 1.33. The molecule has 7 heteroatoms. The number of rotatable bonds is 6. The largest absolute Gasteiger partial charge is 0.374 e. The maximum absolute atomic E-state index is 12.4. The van der Waals surface area contributed by atoms with E-state index in [2.05, 4.69) is 9.71 Å². The van der Waals surface area contributed by atoms with Gasteiger partial charge in [0, 0.05) is 4.88 Å². The first-order chi connectivity index (χ1) is 10.3. The lowest BCUT2D eigenvalue weighted by atomic mass is 10.2. The average molecular weight is 340 g/mol. The first-order valence-electron chi connectivity index (χ1n) is 6.95. The van der Waals surface area contributed by atoms with Gasteiger partial charge in [-0.1, -0.05) is 12.1 Å². The van der Waals surface area contributed by atoms with E-state index in [1.165, 1.54) is 11.3 Å². The van der Waals surface area contributed by atoms with Crippen molar-refractivity contribution in [2.45, 2.75) is 45.3 Å². The van der Waals surface area contributed by atoms with Crippen LogP contribution in [0.1, 0.15) is 30.0 Å². The molecule has 0 aliphatic rings. The molecule has 1 heterocycles. The zero-order valence-electron chi connectivity index (χ0n) is 13.1. The Hall–Kier alpha value is -1.44. The number of hydrogen-bond acceptors (Lipinski definition) is 5. The molecule has 0 aliphatic carbocycles. The first-order valence-corrected chi connectivity index (χ1v) is 9.25. The normalized spacial score (nSPS) is 11.9. The van der Waals surface area contributed by atoms with Crippen LogP contribution in [0.5, 0.6) is 0 Å². The van der Waals surface area contributed by atoms with Crippen molar-refractivity contribution in [3.63, 3.8) is 0 Å². The summed E-state index contributed by atoms with van der Waals surface area (Å²) in [7, 11) is -3.64. The summed E-state index contributed by atoms with van der Waals surface area (Å²) in [5.74, 6) is 0. The van der Waals surface area contributed by atoms with Crippen molar-refractivity contribution in [3.8, 4) is 0 Å². The number of thiazole rings is 1. The third-order valence-corrected chi connectivity index (χ3v) is 5.50. The topological polar surface area (TPSA) is 68.3 Å². The Labute approximate surface area is 135 Å². The first kappa shape index (κ1) is 16.9. The fraction of sp³-hybridized carbons (Fsp3) is 0.400. The third kappa shape index (κ3) is 4.28. The van der Waals surface area contributed by atoms with E-state index in [1.54, 1.807) is 18.2 Å². The molecule has 0 saturated carbocycles. The molecule has 120 valence electrons. The van der Waals surface area contributed by atoms with Crippen LogP contribution in [-0.4, -0.2) is 19.5 Å². The number of aromatic nitrogens is 1. The molecule has 2 rings (SSSR count). The van der Waals surface area contributed by atoms with Crippen LogP contribution < -0.4 is 4.72 Å². The van der Waals surface area contributed by atoms with Gasteiger partial charge in [-0.2, -0.15) is 0 Å². The predicted octanol–water partition coefficient (Wildman–Crippen LogP) is 3.49. The van der Waals surface area contributed by atoms with Gasteiger partial charge in [0.1, 0.15) is 0 Å². The van der Waals surface area contributed by atoms with E-state index in [9.17, 15) is 8.42 Å². The van der Waals surface area contributed by atoms with Gasteiger partial charge in [-0.25, -0.2) is 13.4 Å². The zero-order valence-corrected chi connectivity index (χ0v) is 14.7. The maximum Gasteiger partial charge on any atom is 0.263 e. The van der Waals surface area contributed by atoms with Gasteiger partial charge in [0.05, 0.1) is 23.3 Å². The summed E-state index contributed by atoms with van der Waals surface area (Å²) in [6.45, 7) is 8.03. The third-order valence-electron chi connectivity index (χ3n) is 3.04. The van der Waals surface area contributed by atoms with Crippen LogP contribution in [0.4, 0.5) is 5.13 Å². The second-order valence-electron chi connectivity index (χ2n) is 5.27. The van der Waals surface area contributed by atoms with Crippen molar-refractivity contribution >= 4 is 26.5 Å².